The number of carbonyl (C=O) groups excluding carboxylic acids is 1. The van der Waals surface area contributed by atoms with Crippen LogP contribution in [-0.2, 0) is 4.79 Å². The molecule has 5 heteroatoms. The highest BCUT2D eigenvalue weighted by Crippen LogP contribution is 2.28. The maximum absolute atomic E-state index is 11.8. The first-order valence-electron chi connectivity index (χ1n) is 4.97. The molecular weight excluding hydrogens is 284 g/mol. The average molecular weight is 297 g/mol. The summed E-state index contributed by atoms with van der Waals surface area (Å²) in [4.78, 5) is 11.8. The van der Waals surface area contributed by atoms with Gasteiger partial charge in [0.05, 0.1) is 17.7 Å². The van der Waals surface area contributed by atoms with E-state index in [1.54, 1.807) is 39.2 Å². The molecule has 0 heterocycles. The van der Waals surface area contributed by atoms with E-state index in [4.69, 9.17) is 10.00 Å². The molecule has 90 valence electrons. The Bertz CT molecular complexity index is 478. The lowest BCUT2D eigenvalue weighted by Crippen LogP contribution is -2.29. The van der Waals surface area contributed by atoms with Crippen molar-refractivity contribution < 1.29 is 9.53 Å². The number of benzene rings is 1. The lowest BCUT2D eigenvalue weighted by atomic mass is 9.94. The van der Waals surface area contributed by atoms with E-state index in [0.29, 0.717) is 11.4 Å². The number of amides is 1. The van der Waals surface area contributed by atoms with E-state index in [1.807, 2.05) is 6.07 Å². The molecule has 0 bridgehead atoms. The standard InChI is InChI=1S/C12H13BrN2O2/c1-12(2,7-14)11(16)15-8-4-5-10(17-3)9(13)6-8/h4-6H,1-3H3,(H,15,16). The summed E-state index contributed by atoms with van der Waals surface area (Å²) in [5.74, 6) is 0.347. The van der Waals surface area contributed by atoms with E-state index in [2.05, 4.69) is 21.2 Å². The first kappa shape index (κ1) is 13.5. The summed E-state index contributed by atoms with van der Waals surface area (Å²) in [7, 11) is 1.57. The molecule has 1 N–H and O–H groups in total. The second-order valence-electron chi connectivity index (χ2n) is 4.04. The van der Waals surface area contributed by atoms with Gasteiger partial charge in [-0.3, -0.25) is 4.79 Å². The molecule has 0 saturated heterocycles. The Kier molecular flexibility index (Phi) is 4.13. The molecule has 1 aromatic carbocycles. The highest BCUT2D eigenvalue weighted by atomic mass is 79.9. The first-order chi connectivity index (χ1) is 7.90. The molecule has 0 radical (unpaired) electrons. The molecule has 0 aliphatic rings. The van der Waals surface area contributed by atoms with Crippen LogP contribution in [0.5, 0.6) is 5.75 Å². The van der Waals surface area contributed by atoms with Crippen molar-refractivity contribution in [3.63, 3.8) is 0 Å². The Morgan fingerprint density at radius 1 is 1.53 bits per heavy atom. The Labute approximate surface area is 109 Å². The molecule has 17 heavy (non-hydrogen) atoms. The fourth-order valence-electron chi connectivity index (χ4n) is 1.08. The predicted octanol–water partition coefficient (Wildman–Crippen LogP) is 2.95. The number of halogens is 1. The van der Waals surface area contributed by atoms with E-state index < -0.39 is 5.41 Å². The van der Waals surface area contributed by atoms with Crippen LogP contribution in [0.1, 0.15) is 13.8 Å². The van der Waals surface area contributed by atoms with E-state index in [1.165, 1.54) is 0 Å². The molecule has 4 nitrogen and oxygen atoms in total. The van der Waals surface area contributed by atoms with Crippen molar-refractivity contribution in [2.45, 2.75) is 13.8 Å². The fourth-order valence-corrected chi connectivity index (χ4v) is 1.62. The quantitative estimate of drug-likeness (QED) is 0.933. The van der Waals surface area contributed by atoms with Gasteiger partial charge in [0, 0.05) is 5.69 Å². The van der Waals surface area contributed by atoms with Gasteiger partial charge in [0.1, 0.15) is 11.2 Å². The number of nitriles is 1. The topological polar surface area (TPSA) is 62.1 Å². The fraction of sp³-hybridized carbons (Fsp3) is 0.333. The minimum Gasteiger partial charge on any atom is -0.496 e. The van der Waals surface area contributed by atoms with Crippen LogP contribution >= 0.6 is 15.9 Å². The maximum Gasteiger partial charge on any atom is 0.244 e. The molecule has 1 aromatic rings. The van der Waals surface area contributed by atoms with Crippen molar-refractivity contribution >= 4 is 27.5 Å². The van der Waals surface area contributed by atoms with Gasteiger partial charge < -0.3 is 10.1 Å². The Morgan fingerprint density at radius 2 is 2.18 bits per heavy atom. The van der Waals surface area contributed by atoms with Gasteiger partial charge in [-0.05, 0) is 48.0 Å². The van der Waals surface area contributed by atoms with Crippen molar-refractivity contribution in [1.29, 1.82) is 5.26 Å². The largest absolute Gasteiger partial charge is 0.496 e. The first-order valence-corrected chi connectivity index (χ1v) is 5.76. The number of hydrogen-bond acceptors (Lipinski definition) is 3. The van der Waals surface area contributed by atoms with Crippen LogP contribution < -0.4 is 10.1 Å². The smallest absolute Gasteiger partial charge is 0.244 e. The molecule has 0 unspecified atom stereocenters. The number of methoxy groups -OCH3 is 1. The van der Waals surface area contributed by atoms with Gasteiger partial charge in [-0.1, -0.05) is 0 Å². The Balaban J connectivity index is 2.88. The Hall–Kier alpha value is -1.54. The third kappa shape index (κ3) is 3.21. The summed E-state index contributed by atoms with van der Waals surface area (Å²) in [6.07, 6.45) is 0. The van der Waals surface area contributed by atoms with Crippen LogP contribution in [0.3, 0.4) is 0 Å². The van der Waals surface area contributed by atoms with Gasteiger partial charge in [0.2, 0.25) is 5.91 Å². The lowest BCUT2D eigenvalue weighted by molar-refractivity contribution is -0.121. The summed E-state index contributed by atoms with van der Waals surface area (Å²) in [5.41, 5.74) is -0.433. The van der Waals surface area contributed by atoms with E-state index in [-0.39, 0.29) is 5.91 Å². The molecule has 0 aliphatic heterocycles. The van der Waals surface area contributed by atoms with Gasteiger partial charge in [-0.15, -0.1) is 0 Å². The number of carbonyl (C=O) groups is 1. The summed E-state index contributed by atoms with van der Waals surface area (Å²) < 4.78 is 5.82. The highest BCUT2D eigenvalue weighted by Gasteiger charge is 2.27. The number of rotatable bonds is 3. The molecule has 1 rings (SSSR count). The molecule has 0 fully saturated rings. The summed E-state index contributed by atoms with van der Waals surface area (Å²) in [6, 6.07) is 7.13. The minimum atomic E-state index is -1.05. The van der Waals surface area contributed by atoms with Crippen molar-refractivity contribution in [3.8, 4) is 11.8 Å². The second kappa shape index (κ2) is 5.19. The Morgan fingerprint density at radius 3 is 2.65 bits per heavy atom. The number of hydrogen-bond donors (Lipinski definition) is 1. The number of nitrogens with one attached hydrogen (secondary N) is 1. The van der Waals surface area contributed by atoms with E-state index in [0.717, 1.165) is 4.47 Å². The SMILES string of the molecule is COc1ccc(NC(=O)C(C)(C)C#N)cc1Br. The van der Waals surface area contributed by atoms with Crippen LogP contribution in [0.2, 0.25) is 0 Å². The van der Waals surface area contributed by atoms with Gasteiger partial charge in [-0.2, -0.15) is 5.26 Å². The van der Waals surface area contributed by atoms with Crippen molar-refractivity contribution in [3.05, 3.63) is 22.7 Å². The van der Waals surface area contributed by atoms with Gasteiger partial charge in [0.15, 0.2) is 0 Å². The maximum atomic E-state index is 11.8. The molecule has 0 spiro atoms. The second-order valence-corrected chi connectivity index (χ2v) is 4.89. The van der Waals surface area contributed by atoms with Gasteiger partial charge in [-0.25, -0.2) is 0 Å². The van der Waals surface area contributed by atoms with Crippen LogP contribution in [-0.4, -0.2) is 13.0 Å². The molecule has 1 amide bonds. The van der Waals surface area contributed by atoms with Crippen LogP contribution in [0.15, 0.2) is 22.7 Å². The average Bonchev–Trinajstić information content (AvgIpc) is 2.29. The van der Waals surface area contributed by atoms with E-state index in [9.17, 15) is 4.79 Å². The molecule has 0 saturated carbocycles. The zero-order valence-corrected chi connectivity index (χ0v) is 11.5. The summed E-state index contributed by atoms with van der Waals surface area (Å²) in [6.45, 7) is 3.14. The number of anilines is 1. The van der Waals surface area contributed by atoms with Gasteiger partial charge in [0.25, 0.3) is 0 Å². The number of ether oxygens (including phenoxy) is 1. The molecule has 0 aromatic heterocycles. The normalized spacial score (nSPS) is 10.5. The highest BCUT2D eigenvalue weighted by molar-refractivity contribution is 9.10. The molecule has 0 atom stereocenters. The lowest BCUT2D eigenvalue weighted by Gasteiger charge is -2.15. The zero-order chi connectivity index (χ0) is 13.1. The monoisotopic (exact) mass is 296 g/mol. The predicted molar refractivity (Wildman–Crippen MR) is 68.7 cm³/mol. The third-order valence-electron chi connectivity index (χ3n) is 2.26. The number of nitrogens with zero attached hydrogens (tertiary/aromatic N) is 1. The minimum absolute atomic E-state index is 0.336. The molecule has 0 aliphatic carbocycles. The van der Waals surface area contributed by atoms with Crippen LogP contribution in [0.25, 0.3) is 0 Å². The summed E-state index contributed by atoms with van der Waals surface area (Å²) >= 11 is 3.32. The van der Waals surface area contributed by atoms with Crippen molar-refractivity contribution in [2.24, 2.45) is 5.41 Å². The summed E-state index contributed by atoms with van der Waals surface area (Å²) in [5, 5.41) is 11.5. The van der Waals surface area contributed by atoms with Crippen molar-refractivity contribution in [1.82, 2.24) is 0 Å². The van der Waals surface area contributed by atoms with Crippen LogP contribution in [0, 0.1) is 16.7 Å². The van der Waals surface area contributed by atoms with Crippen LogP contribution in [0.4, 0.5) is 5.69 Å². The van der Waals surface area contributed by atoms with Gasteiger partial charge >= 0.3 is 0 Å². The third-order valence-corrected chi connectivity index (χ3v) is 2.88. The molecular formula is C12H13BrN2O2. The van der Waals surface area contributed by atoms with Crippen molar-refractivity contribution in [2.75, 3.05) is 12.4 Å². The zero-order valence-electron chi connectivity index (χ0n) is 9.87. The van der Waals surface area contributed by atoms with E-state index >= 15 is 0 Å².